The standard InChI is InChI=1S/C17H23N5OS/c1-4-8-21-16(15-6-5-7-18-9-15)19-22(17(21)24)12-20-10-13(2)23-14(3)11-20/h4-7,9,13-14H,1,8,10-12H2,2-3H3/t13-,14-/m1/s1. The van der Waals surface area contributed by atoms with Crippen LogP contribution >= 0.6 is 12.2 Å². The third-order valence-corrected chi connectivity index (χ3v) is 4.41. The van der Waals surface area contributed by atoms with Crippen molar-refractivity contribution in [2.45, 2.75) is 39.3 Å². The van der Waals surface area contributed by atoms with Crippen LogP contribution in [0.2, 0.25) is 0 Å². The zero-order chi connectivity index (χ0) is 17.1. The van der Waals surface area contributed by atoms with Gasteiger partial charge >= 0.3 is 0 Å². The molecule has 1 aliphatic heterocycles. The summed E-state index contributed by atoms with van der Waals surface area (Å²) in [4.78, 5) is 6.51. The van der Waals surface area contributed by atoms with E-state index < -0.39 is 0 Å². The topological polar surface area (TPSA) is 48.1 Å². The molecule has 0 saturated carbocycles. The number of nitrogens with zero attached hydrogens (tertiary/aromatic N) is 5. The first-order valence-corrected chi connectivity index (χ1v) is 8.56. The van der Waals surface area contributed by atoms with Gasteiger partial charge in [0.1, 0.15) is 0 Å². The van der Waals surface area contributed by atoms with Crippen molar-refractivity contribution in [2.24, 2.45) is 0 Å². The van der Waals surface area contributed by atoms with Gasteiger partial charge in [-0.3, -0.25) is 14.5 Å². The Bertz CT molecular complexity index is 744. The Morgan fingerprint density at radius 3 is 2.75 bits per heavy atom. The Balaban J connectivity index is 1.91. The quantitative estimate of drug-likeness (QED) is 0.616. The van der Waals surface area contributed by atoms with Gasteiger partial charge in [-0.25, -0.2) is 4.68 Å². The van der Waals surface area contributed by atoms with Crippen LogP contribution in [0.25, 0.3) is 11.4 Å². The van der Waals surface area contributed by atoms with Crippen molar-refractivity contribution in [2.75, 3.05) is 13.1 Å². The highest BCUT2D eigenvalue weighted by Gasteiger charge is 2.23. The Hall–Kier alpha value is -1.83. The molecule has 0 radical (unpaired) electrons. The number of morpholine rings is 1. The highest BCUT2D eigenvalue weighted by molar-refractivity contribution is 7.71. The number of hydrogen-bond donors (Lipinski definition) is 0. The summed E-state index contributed by atoms with van der Waals surface area (Å²) in [6, 6.07) is 3.90. The number of ether oxygens (including phenoxy) is 1. The van der Waals surface area contributed by atoms with Gasteiger partial charge < -0.3 is 4.74 Å². The van der Waals surface area contributed by atoms with Gasteiger partial charge in [0, 0.05) is 37.6 Å². The smallest absolute Gasteiger partial charge is 0.199 e. The Morgan fingerprint density at radius 1 is 1.38 bits per heavy atom. The molecule has 1 fully saturated rings. The van der Waals surface area contributed by atoms with Crippen molar-refractivity contribution in [3.63, 3.8) is 0 Å². The minimum Gasteiger partial charge on any atom is -0.373 e. The van der Waals surface area contributed by atoms with Crippen molar-refractivity contribution >= 4 is 12.2 Å². The van der Waals surface area contributed by atoms with Crippen LogP contribution in [-0.4, -0.2) is 49.5 Å². The molecule has 0 amide bonds. The number of aromatic nitrogens is 4. The fourth-order valence-electron chi connectivity index (χ4n) is 3.12. The molecule has 0 N–H and O–H groups in total. The maximum absolute atomic E-state index is 5.80. The van der Waals surface area contributed by atoms with E-state index >= 15 is 0 Å². The van der Waals surface area contributed by atoms with Gasteiger partial charge in [0.25, 0.3) is 0 Å². The summed E-state index contributed by atoms with van der Waals surface area (Å²) in [5.74, 6) is 0.822. The summed E-state index contributed by atoms with van der Waals surface area (Å²) in [5, 5.41) is 4.75. The highest BCUT2D eigenvalue weighted by Crippen LogP contribution is 2.18. The van der Waals surface area contributed by atoms with E-state index in [1.165, 1.54) is 0 Å². The number of pyridine rings is 1. The lowest BCUT2D eigenvalue weighted by Gasteiger charge is -2.34. The molecular weight excluding hydrogens is 322 g/mol. The number of hydrogen-bond acceptors (Lipinski definition) is 5. The van der Waals surface area contributed by atoms with E-state index in [1.807, 2.05) is 27.5 Å². The van der Waals surface area contributed by atoms with Crippen LogP contribution in [0, 0.1) is 4.77 Å². The molecule has 6 nitrogen and oxygen atoms in total. The lowest BCUT2D eigenvalue weighted by Crippen LogP contribution is -2.46. The largest absolute Gasteiger partial charge is 0.373 e. The summed E-state index contributed by atoms with van der Waals surface area (Å²) in [6.45, 7) is 11.1. The minimum atomic E-state index is 0.218. The first kappa shape index (κ1) is 17.0. The van der Waals surface area contributed by atoms with E-state index in [1.54, 1.807) is 12.4 Å². The summed E-state index contributed by atoms with van der Waals surface area (Å²) in [6.07, 6.45) is 5.83. The molecule has 24 heavy (non-hydrogen) atoms. The molecule has 0 aromatic carbocycles. The average Bonchev–Trinajstić information content (AvgIpc) is 2.85. The zero-order valence-electron chi connectivity index (χ0n) is 14.1. The summed E-state index contributed by atoms with van der Waals surface area (Å²) >= 11 is 5.64. The van der Waals surface area contributed by atoms with E-state index in [0.717, 1.165) is 24.5 Å². The molecule has 128 valence electrons. The second-order valence-electron chi connectivity index (χ2n) is 6.18. The summed E-state index contributed by atoms with van der Waals surface area (Å²) < 4.78 is 10.4. The molecule has 0 bridgehead atoms. The van der Waals surface area contributed by atoms with Crippen LogP contribution in [0.3, 0.4) is 0 Å². The number of allylic oxidation sites excluding steroid dienone is 1. The lowest BCUT2D eigenvalue weighted by molar-refractivity contribution is -0.0777. The van der Waals surface area contributed by atoms with Crippen molar-refractivity contribution in [1.29, 1.82) is 0 Å². The molecule has 2 atom stereocenters. The molecule has 3 heterocycles. The molecule has 3 rings (SSSR count). The highest BCUT2D eigenvalue weighted by atomic mass is 32.1. The Kier molecular flexibility index (Phi) is 5.23. The van der Waals surface area contributed by atoms with Crippen molar-refractivity contribution in [1.82, 2.24) is 24.2 Å². The molecular formula is C17H23N5OS. The van der Waals surface area contributed by atoms with Crippen molar-refractivity contribution in [3.8, 4) is 11.4 Å². The van der Waals surface area contributed by atoms with Crippen molar-refractivity contribution in [3.05, 3.63) is 42.0 Å². The van der Waals surface area contributed by atoms with Gasteiger partial charge in [-0.15, -0.1) is 6.58 Å². The maximum atomic E-state index is 5.80. The normalized spacial score (nSPS) is 21.8. The van der Waals surface area contributed by atoms with Crippen LogP contribution in [-0.2, 0) is 18.0 Å². The minimum absolute atomic E-state index is 0.218. The van der Waals surface area contributed by atoms with Crippen LogP contribution in [0.15, 0.2) is 37.2 Å². The van der Waals surface area contributed by atoms with E-state index in [4.69, 9.17) is 22.1 Å². The third-order valence-electron chi connectivity index (χ3n) is 3.98. The Labute approximate surface area is 147 Å². The van der Waals surface area contributed by atoms with Crippen molar-refractivity contribution < 1.29 is 4.74 Å². The molecule has 0 spiro atoms. The lowest BCUT2D eigenvalue weighted by atomic mass is 10.2. The van der Waals surface area contributed by atoms with E-state index in [0.29, 0.717) is 18.0 Å². The van der Waals surface area contributed by atoms with E-state index in [9.17, 15) is 0 Å². The molecule has 0 aliphatic carbocycles. The predicted molar refractivity (Wildman–Crippen MR) is 96.1 cm³/mol. The van der Waals surface area contributed by atoms with Crippen LogP contribution < -0.4 is 0 Å². The van der Waals surface area contributed by atoms with Gasteiger partial charge in [0.15, 0.2) is 10.6 Å². The average molecular weight is 345 g/mol. The van der Waals surface area contributed by atoms with Gasteiger partial charge in [-0.1, -0.05) is 6.08 Å². The third kappa shape index (κ3) is 3.63. The fourth-order valence-corrected chi connectivity index (χ4v) is 3.38. The van der Waals surface area contributed by atoms with Gasteiger partial charge in [0.2, 0.25) is 0 Å². The van der Waals surface area contributed by atoms with Gasteiger partial charge in [-0.2, -0.15) is 5.10 Å². The number of rotatable bonds is 5. The van der Waals surface area contributed by atoms with E-state index in [2.05, 4.69) is 30.3 Å². The first-order valence-electron chi connectivity index (χ1n) is 8.15. The van der Waals surface area contributed by atoms with Crippen LogP contribution in [0.4, 0.5) is 0 Å². The van der Waals surface area contributed by atoms with Gasteiger partial charge in [0.05, 0.1) is 18.9 Å². The fraction of sp³-hybridized carbons (Fsp3) is 0.471. The Morgan fingerprint density at radius 2 is 2.12 bits per heavy atom. The molecule has 1 saturated heterocycles. The van der Waals surface area contributed by atoms with Crippen LogP contribution in [0.1, 0.15) is 13.8 Å². The second kappa shape index (κ2) is 7.38. The summed E-state index contributed by atoms with van der Waals surface area (Å²) in [5.41, 5.74) is 0.952. The maximum Gasteiger partial charge on any atom is 0.199 e. The molecule has 2 aromatic rings. The monoisotopic (exact) mass is 345 g/mol. The van der Waals surface area contributed by atoms with Gasteiger partial charge in [-0.05, 0) is 38.2 Å². The second-order valence-corrected chi connectivity index (χ2v) is 6.55. The molecule has 7 heteroatoms. The predicted octanol–water partition coefficient (Wildman–Crippen LogP) is 2.73. The van der Waals surface area contributed by atoms with Crippen LogP contribution in [0.5, 0.6) is 0 Å². The molecule has 1 aliphatic rings. The van der Waals surface area contributed by atoms with E-state index in [-0.39, 0.29) is 12.2 Å². The SMILES string of the molecule is C=CCn1c(-c2cccnc2)nn(CN2C[C@@H](C)O[C@H](C)C2)c1=S. The summed E-state index contributed by atoms with van der Waals surface area (Å²) in [7, 11) is 0. The molecule has 0 unspecified atom stereocenters. The zero-order valence-corrected chi connectivity index (χ0v) is 14.9. The first-order chi connectivity index (χ1) is 11.6. The molecule has 2 aromatic heterocycles.